The normalized spacial score (nSPS) is 15.0. The molecular formula is C16H12N10O2. The van der Waals surface area contributed by atoms with Gasteiger partial charge >= 0.3 is 0 Å². The van der Waals surface area contributed by atoms with Gasteiger partial charge in [0.2, 0.25) is 0 Å². The SMILES string of the molecule is C#C[C@H](Cn1ncnn1)n1nnc2cc3c(=O)n(C4CC4)nnc3cc2c1=O. The van der Waals surface area contributed by atoms with Gasteiger partial charge in [-0.05, 0) is 30.2 Å². The first-order chi connectivity index (χ1) is 13.7. The molecule has 3 aromatic heterocycles. The lowest BCUT2D eigenvalue weighted by atomic mass is 10.2. The summed E-state index contributed by atoms with van der Waals surface area (Å²) >= 11 is 0. The zero-order chi connectivity index (χ0) is 19.3. The Morgan fingerprint density at radius 3 is 2.43 bits per heavy atom. The number of nitrogens with zero attached hydrogens (tertiary/aromatic N) is 10. The molecule has 12 nitrogen and oxygen atoms in total. The average Bonchev–Trinajstić information content (AvgIpc) is 3.42. The van der Waals surface area contributed by atoms with Crippen molar-refractivity contribution in [2.75, 3.05) is 0 Å². The fraction of sp³-hybridized carbons (Fsp3) is 0.312. The van der Waals surface area contributed by atoms with E-state index in [0.29, 0.717) is 10.9 Å². The number of aromatic nitrogens is 10. The summed E-state index contributed by atoms with van der Waals surface area (Å²) in [7, 11) is 0. The zero-order valence-corrected chi connectivity index (χ0v) is 14.4. The van der Waals surface area contributed by atoms with E-state index in [1.165, 1.54) is 27.9 Å². The molecule has 1 aromatic carbocycles. The van der Waals surface area contributed by atoms with Gasteiger partial charge in [0, 0.05) is 0 Å². The van der Waals surface area contributed by atoms with Crippen LogP contribution in [0, 0.1) is 12.3 Å². The van der Waals surface area contributed by atoms with E-state index >= 15 is 0 Å². The Kier molecular flexibility index (Phi) is 3.48. The first kappa shape index (κ1) is 16.2. The molecule has 0 N–H and O–H groups in total. The number of fused-ring (bicyclic) bond motifs is 2. The van der Waals surface area contributed by atoms with Crippen molar-refractivity contribution >= 4 is 21.8 Å². The van der Waals surface area contributed by atoms with Gasteiger partial charge in [-0.1, -0.05) is 16.3 Å². The molecule has 0 saturated heterocycles. The van der Waals surface area contributed by atoms with E-state index in [1.807, 2.05) is 0 Å². The van der Waals surface area contributed by atoms with E-state index in [4.69, 9.17) is 6.42 Å². The molecule has 0 amide bonds. The van der Waals surface area contributed by atoms with Crippen LogP contribution in [-0.2, 0) is 6.54 Å². The first-order valence-electron chi connectivity index (χ1n) is 8.51. The number of hydrogen-bond donors (Lipinski definition) is 0. The molecule has 138 valence electrons. The molecule has 12 heteroatoms. The van der Waals surface area contributed by atoms with Gasteiger partial charge in [-0.25, -0.2) is 4.68 Å². The van der Waals surface area contributed by atoms with Crippen molar-refractivity contribution < 1.29 is 0 Å². The Hall–Kier alpha value is -4.01. The first-order valence-corrected chi connectivity index (χ1v) is 8.51. The van der Waals surface area contributed by atoms with Crippen LogP contribution in [0.5, 0.6) is 0 Å². The Bertz CT molecular complexity index is 1360. The second-order valence-corrected chi connectivity index (χ2v) is 6.47. The second-order valence-electron chi connectivity index (χ2n) is 6.47. The minimum atomic E-state index is -0.761. The molecule has 28 heavy (non-hydrogen) atoms. The molecule has 3 heterocycles. The summed E-state index contributed by atoms with van der Waals surface area (Å²) in [5, 5.41) is 27.9. The molecule has 0 spiro atoms. The Morgan fingerprint density at radius 1 is 1.07 bits per heavy atom. The van der Waals surface area contributed by atoms with E-state index in [2.05, 4.69) is 42.0 Å². The molecule has 1 atom stereocenters. The zero-order valence-electron chi connectivity index (χ0n) is 14.4. The number of terminal acetylenes is 1. The van der Waals surface area contributed by atoms with Crippen LogP contribution in [0.4, 0.5) is 0 Å². The molecule has 1 aliphatic carbocycles. The Morgan fingerprint density at radius 2 is 1.79 bits per heavy atom. The quantitative estimate of drug-likeness (QED) is 0.327. The van der Waals surface area contributed by atoms with Gasteiger partial charge in [-0.3, -0.25) is 9.59 Å². The van der Waals surface area contributed by atoms with Crippen molar-refractivity contribution in [1.29, 1.82) is 0 Å². The van der Waals surface area contributed by atoms with E-state index in [1.54, 1.807) is 0 Å². The van der Waals surface area contributed by atoms with Crippen molar-refractivity contribution in [3.05, 3.63) is 39.2 Å². The lowest BCUT2D eigenvalue weighted by Crippen LogP contribution is -2.31. The molecule has 5 rings (SSSR count). The molecule has 1 aliphatic rings. The van der Waals surface area contributed by atoms with Crippen LogP contribution in [0.15, 0.2) is 28.0 Å². The van der Waals surface area contributed by atoms with Crippen LogP contribution in [0.25, 0.3) is 21.8 Å². The van der Waals surface area contributed by atoms with Crippen LogP contribution in [0.2, 0.25) is 0 Å². The maximum absolute atomic E-state index is 12.9. The highest BCUT2D eigenvalue weighted by molar-refractivity contribution is 5.93. The number of rotatable bonds is 4. The standard InChI is InChI=1S/C16H12N10O2/c1-2-9(7-24-18-8-17-21-24)25-15(27)11-5-14-12(6-13(11)19-22-25)16(28)26(23-20-14)10-3-4-10/h1,5-6,8-10H,3-4,7H2/t9-/m1/s1. The van der Waals surface area contributed by atoms with Crippen LogP contribution in [-0.4, -0.2) is 50.2 Å². The summed E-state index contributed by atoms with van der Waals surface area (Å²) in [5.41, 5.74) is -0.0978. The van der Waals surface area contributed by atoms with Gasteiger partial charge in [0.1, 0.15) is 17.1 Å². The minimum absolute atomic E-state index is 0.0981. The maximum atomic E-state index is 12.9. The van der Waals surface area contributed by atoms with Gasteiger partial charge in [-0.2, -0.15) is 9.48 Å². The third kappa shape index (κ3) is 2.52. The van der Waals surface area contributed by atoms with Gasteiger partial charge in [-0.15, -0.1) is 26.8 Å². The summed E-state index contributed by atoms with van der Waals surface area (Å²) in [6.07, 6.45) is 8.65. The van der Waals surface area contributed by atoms with Crippen LogP contribution in [0.1, 0.15) is 24.9 Å². The largest absolute Gasteiger partial charge is 0.278 e. The fourth-order valence-electron chi connectivity index (χ4n) is 2.99. The highest BCUT2D eigenvalue weighted by Gasteiger charge is 2.27. The summed E-state index contributed by atoms with van der Waals surface area (Å²) in [5.74, 6) is 2.49. The van der Waals surface area contributed by atoms with Gasteiger partial charge in [0.15, 0.2) is 6.33 Å². The lowest BCUT2D eigenvalue weighted by Gasteiger charge is -2.12. The predicted molar refractivity (Wildman–Crippen MR) is 95.1 cm³/mol. The molecule has 0 unspecified atom stereocenters. The van der Waals surface area contributed by atoms with Gasteiger partial charge in [0.05, 0.1) is 23.4 Å². The van der Waals surface area contributed by atoms with E-state index < -0.39 is 11.6 Å². The van der Waals surface area contributed by atoms with Gasteiger partial charge < -0.3 is 0 Å². The van der Waals surface area contributed by atoms with Crippen molar-refractivity contribution in [2.24, 2.45) is 0 Å². The predicted octanol–water partition coefficient (Wildman–Crippen LogP) is -0.908. The van der Waals surface area contributed by atoms with Crippen LogP contribution >= 0.6 is 0 Å². The minimum Gasteiger partial charge on any atom is -0.267 e. The highest BCUT2D eigenvalue weighted by Crippen LogP contribution is 2.32. The van der Waals surface area contributed by atoms with Crippen molar-refractivity contribution in [3.8, 4) is 12.3 Å². The molecule has 4 aromatic rings. The summed E-state index contributed by atoms with van der Waals surface area (Å²) in [6.45, 7) is 0.107. The average molecular weight is 376 g/mol. The number of tetrazole rings is 1. The number of hydrogen-bond acceptors (Lipinski definition) is 9. The molecule has 1 fully saturated rings. The van der Waals surface area contributed by atoms with E-state index in [9.17, 15) is 9.59 Å². The highest BCUT2D eigenvalue weighted by atomic mass is 16.1. The molecular weight excluding hydrogens is 364 g/mol. The smallest absolute Gasteiger partial charge is 0.267 e. The third-order valence-corrected chi connectivity index (χ3v) is 4.60. The molecule has 1 saturated carbocycles. The summed E-state index contributed by atoms with van der Waals surface area (Å²) < 4.78 is 2.46. The van der Waals surface area contributed by atoms with Crippen molar-refractivity contribution in [2.45, 2.75) is 31.5 Å². The monoisotopic (exact) mass is 376 g/mol. The van der Waals surface area contributed by atoms with Gasteiger partial charge in [0.25, 0.3) is 11.1 Å². The molecule has 0 bridgehead atoms. The fourth-order valence-corrected chi connectivity index (χ4v) is 2.99. The second kappa shape index (κ2) is 6.02. The molecule has 0 aliphatic heterocycles. The summed E-state index contributed by atoms with van der Waals surface area (Å²) in [4.78, 5) is 26.8. The lowest BCUT2D eigenvalue weighted by molar-refractivity contribution is 0.392. The third-order valence-electron chi connectivity index (χ3n) is 4.60. The maximum Gasteiger partial charge on any atom is 0.278 e. The van der Waals surface area contributed by atoms with Crippen LogP contribution < -0.4 is 11.1 Å². The Balaban J connectivity index is 1.65. The van der Waals surface area contributed by atoms with Crippen molar-refractivity contribution in [3.63, 3.8) is 0 Å². The van der Waals surface area contributed by atoms with E-state index in [0.717, 1.165) is 17.5 Å². The number of benzene rings is 1. The summed E-state index contributed by atoms with van der Waals surface area (Å²) in [6, 6.07) is 2.35. The topological polar surface area (TPSA) is 139 Å². The van der Waals surface area contributed by atoms with E-state index in [-0.39, 0.29) is 29.0 Å². The van der Waals surface area contributed by atoms with Crippen molar-refractivity contribution in [1.82, 2.24) is 50.2 Å². The van der Waals surface area contributed by atoms with Crippen LogP contribution in [0.3, 0.4) is 0 Å². The Labute approximate surface area is 155 Å². The molecule has 0 radical (unpaired) electrons.